The molecule has 0 aliphatic heterocycles. The molecule has 2 aromatic rings. The van der Waals surface area contributed by atoms with Crippen LogP contribution < -0.4 is 0 Å². The van der Waals surface area contributed by atoms with Crippen molar-refractivity contribution in [3.05, 3.63) is 65.7 Å². The predicted octanol–water partition coefficient (Wildman–Crippen LogP) is 3.73. The second-order valence-electron chi connectivity index (χ2n) is 6.56. The Hall–Kier alpha value is -1.77. The number of rotatable bonds is 15. The molecular formula is C22H30O6S. The standard InChI is InChI=1S/C22H30O6S/c1-20-9-11-22(12-10-20)29(23,24)28-18-17-26-16-15-25-13-5-6-14-27-19-21-7-3-2-4-8-21/h2-4,7-12H,5-6,13-19H2,1H3. The summed E-state index contributed by atoms with van der Waals surface area (Å²) in [6, 6.07) is 16.6. The summed E-state index contributed by atoms with van der Waals surface area (Å²) in [5.74, 6) is 0. The smallest absolute Gasteiger partial charge is 0.297 e. The molecule has 2 rings (SSSR count). The van der Waals surface area contributed by atoms with Crippen molar-refractivity contribution in [1.29, 1.82) is 0 Å². The number of aryl methyl sites for hydroxylation is 1. The molecule has 2 aromatic carbocycles. The van der Waals surface area contributed by atoms with Gasteiger partial charge in [0.2, 0.25) is 0 Å². The Morgan fingerprint density at radius 3 is 1.97 bits per heavy atom. The molecule has 7 heteroatoms. The van der Waals surface area contributed by atoms with Gasteiger partial charge >= 0.3 is 0 Å². The molecule has 0 aliphatic rings. The third kappa shape index (κ3) is 10.0. The third-order valence-electron chi connectivity index (χ3n) is 4.09. The van der Waals surface area contributed by atoms with Gasteiger partial charge < -0.3 is 14.2 Å². The second kappa shape index (κ2) is 13.5. The van der Waals surface area contributed by atoms with Gasteiger partial charge in [-0.2, -0.15) is 8.42 Å². The Morgan fingerprint density at radius 2 is 1.28 bits per heavy atom. The first-order valence-corrected chi connectivity index (χ1v) is 11.2. The predicted molar refractivity (Wildman–Crippen MR) is 111 cm³/mol. The Bertz CT molecular complexity index is 775. The molecule has 0 radical (unpaired) electrons. The lowest BCUT2D eigenvalue weighted by molar-refractivity contribution is 0.0332. The average Bonchev–Trinajstić information content (AvgIpc) is 2.72. The van der Waals surface area contributed by atoms with Gasteiger partial charge in [-0.3, -0.25) is 4.18 Å². The summed E-state index contributed by atoms with van der Waals surface area (Å²) in [7, 11) is -3.73. The topological polar surface area (TPSA) is 71.1 Å². The van der Waals surface area contributed by atoms with Crippen LogP contribution >= 0.6 is 0 Å². The summed E-state index contributed by atoms with van der Waals surface area (Å²) in [5.41, 5.74) is 2.17. The van der Waals surface area contributed by atoms with Crippen molar-refractivity contribution in [2.24, 2.45) is 0 Å². The first-order chi connectivity index (χ1) is 14.1. The number of benzene rings is 2. The molecule has 0 aromatic heterocycles. The van der Waals surface area contributed by atoms with Crippen LogP contribution in [0.3, 0.4) is 0 Å². The van der Waals surface area contributed by atoms with Gasteiger partial charge in [0, 0.05) is 13.2 Å². The number of hydrogen-bond acceptors (Lipinski definition) is 6. The quantitative estimate of drug-likeness (QED) is 0.322. The molecule has 6 nitrogen and oxygen atoms in total. The highest BCUT2D eigenvalue weighted by molar-refractivity contribution is 7.86. The molecule has 0 unspecified atom stereocenters. The van der Waals surface area contributed by atoms with E-state index in [9.17, 15) is 8.42 Å². The molecular weight excluding hydrogens is 392 g/mol. The van der Waals surface area contributed by atoms with Crippen molar-refractivity contribution in [1.82, 2.24) is 0 Å². The van der Waals surface area contributed by atoms with Crippen molar-refractivity contribution in [3.8, 4) is 0 Å². The zero-order valence-electron chi connectivity index (χ0n) is 16.9. The fraction of sp³-hybridized carbons (Fsp3) is 0.455. The van der Waals surface area contributed by atoms with E-state index in [0.717, 1.165) is 18.4 Å². The number of hydrogen-bond donors (Lipinski definition) is 0. The van der Waals surface area contributed by atoms with E-state index in [0.29, 0.717) is 33.0 Å². The third-order valence-corrected chi connectivity index (χ3v) is 5.41. The minimum atomic E-state index is -3.73. The van der Waals surface area contributed by atoms with Gasteiger partial charge in [0.05, 0.1) is 37.9 Å². The molecule has 0 saturated carbocycles. The van der Waals surface area contributed by atoms with E-state index in [4.69, 9.17) is 18.4 Å². The zero-order chi connectivity index (χ0) is 20.8. The van der Waals surface area contributed by atoms with Gasteiger partial charge in [-0.05, 0) is 37.5 Å². The van der Waals surface area contributed by atoms with E-state index in [2.05, 4.69) is 0 Å². The summed E-state index contributed by atoms with van der Waals surface area (Å²) >= 11 is 0. The van der Waals surface area contributed by atoms with Gasteiger partial charge in [0.25, 0.3) is 10.1 Å². The normalized spacial score (nSPS) is 11.6. The number of unbranched alkanes of at least 4 members (excludes halogenated alkanes) is 1. The lowest BCUT2D eigenvalue weighted by atomic mass is 10.2. The van der Waals surface area contributed by atoms with Crippen LogP contribution in [0.4, 0.5) is 0 Å². The fourth-order valence-corrected chi connectivity index (χ4v) is 3.36. The molecule has 160 valence electrons. The summed E-state index contributed by atoms with van der Waals surface area (Å²) in [6.45, 7) is 4.94. The first kappa shape index (κ1) is 23.5. The minimum Gasteiger partial charge on any atom is -0.379 e. The molecule has 0 amide bonds. The highest BCUT2D eigenvalue weighted by atomic mass is 32.2. The molecule has 0 spiro atoms. The van der Waals surface area contributed by atoms with Crippen LogP contribution in [0.25, 0.3) is 0 Å². The van der Waals surface area contributed by atoms with Crippen molar-refractivity contribution >= 4 is 10.1 Å². The fourth-order valence-electron chi connectivity index (χ4n) is 2.47. The molecule has 0 saturated heterocycles. The zero-order valence-corrected chi connectivity index (χ0v) is 17.7. The van der Waals surface area contributed by atoms with Gasteiger partial charge in [0.15, 0.2) is 0 Å². The van der Waals surface area contributed by atoms with E-state index in [-0.39, 0.29) is 18.1 Å². The van der Waals surface area contributed by atoms with Crippen LogP contribution in [0, 0.1) is 6.92 Å². The van der Waals surface area contributed by atoms with Gasteiger partial charge in [-0.25, -0.2) is 0 Å². The molecule has 0 atom stereocenters. The Morgan fingerprint density at radius 1 is 0.690 bits per heavy atom. The Balaban J connectivity index is 1.39. The van der Waals surface area contributed by atoms with E-state index < -0.39 is 10.1 Å². The SMILES string of the molecule is Cc1ccc(S(=O)(=O)OCCOCCOCCCCOCc2ccccc2)cc1. The van der Waals surface area contributed by atoms with Crippen LogP contribution in [-0.4, -0.2) is 48.1 Å². The van der Waals surface area contributed by atoms with E-state index >= 15 is 0 Å². The van der Waals surface area contributed by atoms with Gasteiger partial charge in [-0.1, -0.05) is 48.0 Å². The molecule has 0 aliphatic carbocycles. The maximum absolute atomic E-state index is 12.0. The van der Waals surface area contributed by atoms with Crippen LogP contribution in [-0.2, 0) is 35.1 Å². The van der Waals surface area contributed by atoms with Crippen molar-refractivity contribution in [2.75, 3.05) is 39.6 Å². The largest absolute Gasteiger partial charge is 0.379 e. The molecule has 0 bridgehead atoms. The van der Waals surface area contributed by atoms with Gasteiger partial charge in [0.1, 0.15) is 0 Å². The Kier molecular flexibility index (Phi) is 10.9. The summed E-state index contributed by atoms with van der Waals surface area (Å²) < 4.78 is 45.4. The second-order valence-corrected chi connectivity index (χ2v) is 8.17. The van der Waals surface area contributed by atoms with Crippen molar-refractivity contribution in [3.63, 3.8) is 0 Å². The monoisotopic (exact) mass is 422 g/mol. The minimum absolute atomic E-state index is 0.0189. The Labute approximate surface area is 173 Å². The highest BCUT2D eigenvalue weighted by Gasteiger charge is 2.14. The lowest BCUT2D eigenvalue weighted by Gasteiger charge is -2.08. The molecule has 0 heterocycles. The van der Waals surface area contributed by atoms with E-state index in [1.165, 1.54) is 17.7 Å². The lowest BCUT2D eigenvalue weighted by Crippen LogP contribution is -2.13. The molecule has 29 heavy (non-hydrogen) atoms. The molecule has 0 N–H and O–H groups in total. The number of ether oxygens (including phenoxy) is 3. The van der Waals surface area contributed by atoms with Crippen LogP contribution in [0.2, 0.25) is 0 Å². The van der Waals surface area contributed by atoms with Gasteiger partial charge in [-0.15, -0.1) is 0 Å². The maximum Gasteiger partial charge on any atom is 0.297 e. The summed E-state index contributed by atoms with van der Waals surface area (Å²) in [6.07, 6.45) is 1.87. The first-order valence-electron chi connectivity index (χ1n) is 9.81. The van der Waals surface area contributed by atoms with Crippen molar-refractivity contribution < 1.29 is 26.8 Å². The van der Waals surface area contributed by atoms with E-state index in [1.807, 2.05) is 37.3 Å². The van der Waals surface area contributed by atoms with Crippen LogP contribution in [0.15, 0.2) is 59.5 Å². The summed E-state index contributed by atoms with van der Waals surface area (Å²) in [4.78, 5) is 0.152. The van der Waals surface area contributed by atoms with Crippen LogP contribution in [0.5, 0.6) is 0 Å². The molecule has 0 fully saturated rings. The highest BCUT2D eigenvalue weighted by Crippen LogP contribution is 2.12. The maximum atomic E-state index is 12.0. The van der Waals surface area contributed by atoms with E-state index in [1.54, 1.807) is 12.1 Å². The average molecular weight is 423 g/mol. The van der Waals surface area contributed by atoms with Crippen molar-refractivity contribution in [2.45, 2.75) is 31.3 Å². The summed E-state index contributed by atoms with van der Waals surface area (Å²) in [5, 5.41) is 0. The van der Waals surface area contributed by atoms with Crippen LogP contribution in [0.1, 0.15) is 24.0 Å².